The Bertz CT molecular complexity index is 692. The molecule has 0 saturated heterocycles. The summed E-state index contributed by atoms with van der Waals surface area (Å²) in [7, 11) is 1.72. The van der Waals surface area contributed by atoms with Crippen LogP contribution in [-0.2, 0) is 12.0 Å². The number of nitrogens with one attached hydrogen (secondary N) is 2. The summed E-state index contributed by atoms with van der Waals surface area (Å²) >= 11 is 0. The van der Waals surface area contributed by atoms with Gasteiger partial charge in [0.25, 0.3) is 0 Å². The Morgan fingerprint density at radius 2 is 1.88 bits per heavy atom. The normalized spacial score (nSPS) is 11.7. The number of benzene rings is 1. The fourth-order valence-electron chi connectivity index (χ4n) is 1.99. The molecule has 1 aromatic heterocycles. The molecule has 2 N–H and O–H groups in total. The van der Waals surface area contributed by atoms with E-state index in [4.69, 9.17) is 9.26 Å². The molecular formula is C18H28IN5O2. The minimum absolute atomic E-state index is 0. The third-order valence-electron chi connectivity index (χ3n) is 3.43. The average molecular weight is 473 g/mol. The van der Waals surface area contributed by atoms with Crippen molar-refractivity contribution in [1.82, 2.24) is 20.8 Å². The number of halogens is 1. The van der Waals surface area contributed by atoms with Gasteiger partial charge in [-0.25, -0.2) is 0 Å². The van der Waals surface area contributed by atoms with Crippen molar-refractivity contribution in [2.75, 3.05) is 20.2 Å². The minimum atomic E-state index is -0.154. The van der Waals surface area contributed by atoms with Crippen molar-refractivity contribution in [3.8, 4) is 5.75 Å². The lowest BCUT2D eigenvalue weighted by molar-refractivity contribution is 0.318. The lowest BCUT2D eigenvalue weighted by atomic mass is 9.97. The second kappa shape index (κ2) is 10.3. The first kappa shape index (κ1) is 22.2. The van der Waals surface area contributed by atoms with E-state index in [0.717, 1.165) is 5.75 Å². The number of guanidine groups is 1. The highest BCUT2D eigenvalue weighted by molar-refractivity contribution is 14.0. The van der Waals surface area contributed by atoms with E-state index in [9.17, 15) is 0 Å². The van der Waals surface area contributed by atoms with Gasteiger partial charge < -0.3 is 19.9 Å². The molecule has 0 saturated carbocycles. The second-order valence-electron chi connectivity index (χ2n) is 6.78. The zero-order valence-corrected chi connectivity index (χ0v) is 18.3. The lowest BCUT2D eigenvalue weighted by Gasteiger charge is -2.12. The Balaban J connectivity index is 0.00000338. The molecule has 0 amide bonds. The van der Waals surface area contributed by atoms with Gasteiger partial charge in [-0.05, 0) is 19.1 Å². The van der Waals surface area contributed by atoms with Crippen LogP contribution in [0.5, 0.6) is 5.75 Å². The van der Waals surface area contributed by atoms with Crippen LogP contribution in [0.4, 0.5) is 0 Å². The van der Waals surface area contributed by atoms with Crippen molar-refractivity contribution in [2.24, 2.45) is 4.99 Å². The number of nitrogens with zero attached hydrogens (tertiary/aromatic N) is 3. The van der Waals surface area contributed by atoms with Crippen LogP contribution in [0.25, 0.3) is 0 Å². The molecule has 0 aliphatic heterocycles. The van der Waals surface area contributed by atoms with E-state index in [1.54, 1.807) is 7.05 Å². The fraction of sp³-hybridized carbons (Fsp3) is 0.500. The molecule has 0 unspecified atom stereocenters. The van der Waals surface area contributed by atoms with Crippen molar-refractivity contribution >= 4 is 29.9 Å². The maximum atomic E-state index is 5.67. The largest absolute Gasteiger partial charge is 0.492 e. The first-order valence-corrected chi connectivity index (χ1v) is 8.35. The number of aliphatic imine (C=N–C) groups is 1. The van der Waals surface area contributed by atoms with Gasteiger partial charge >= 0.3 is 0 Å². The quantitative estimate of drug-likeness (QED) is 0.291. The van der Waals surface area contributed by atoms with Gasteiger partial charge in [-0.3, -0.25) is 4.99 Å². The van der Waals surface area contributed by atoms with Crippen LogP contribution < -0.4 is 15.4 Å². The predicted octanol–water partition coefficient (Wildman–Crippen LogP) is 3.04. The average Bonchev–Trinajstić information content (AvgIpc) is 3.05. The Hall–Kier alpha value is -1.84. The molecule has 0 spiro atoms. The number of ether oxygens (including phenoxy) is 1. The van der Waals surface area contributed by atoms with Crippen LogP contribution in [-0.4, -0.2) is 36.3 Å². The van der Waals surface area contributed by atoms with Crippen LogP contribution in [0.15, 0.2) is 33.8 Å². The topological polar surface area (TPSA) is 84.6 Å². The van der Waals surface area contributed by atoms with E-state index in [1.165, 1.54) is 5.56 Å². The predicted molar refractivity (Wildman–Crippen MR) is 113 cm³/mol. The van der Waals surface area contributed by atoms with Crippen molar-refractivity contribution in [3.05, 3.63) is 41.5 Å². The number of aromatic nitrogens is 2. The third kappa shape index (κ3) is 7.19. The summed E-state index contributed by atoms with van der Waals surface area (Å²) in [5.41, 5.74) is 1.06. The molecule has 0 aliphatic carbocycles. The van der Waals surface area contributed by atoms with Crippen LogP contribution >= 0.6 is 24.0 Å². The molecule has 8 heteroatoms. The smallest absolute Gasteiger partial charge is 0.232 e. The van der Waals surface area contributed by atoms with Crippen LogP contribution in [0.3, 0.4) is 0 Å². The lowest BCUT2D eigenvalue weighted by Crippen LogP contribution is -2.39. The first-order valence-electron chi connectivity index (χ1n) is 8.35. The van der Waals surface area contributed by atoms with Gasteiger partial charge in [0.15, 0.2) is 11.8 Å². The molecule has 2 aromatic rings. The van der Waals surface area contributed by atoms with E-state index in [0.29, 0.717) is 37.4 Å². The van der Waals surface area contributed by atoms with Gasteiger partial charge in [-0.15, -0.1) is 24.0 Å². The summed E-state index contributed by atoms with van der Waals surface area (Å²) in [4.78, 5) is 8.55. The standard InChI is InChI=1S/C18H27N5O2.HI/c1-13-6-8-14(9-7-13)24-11-10-20-17(19-5)21-12-15-22-16(25-23-15)18(2,3)4;/h6-9H,10-12H2,1-5H3,(H2,19,20,21);1H. The van der Waals surface area contributed by atoms with Gasteiger partial charge in [0, 0.05) is 12.5 Å². The Morgan fingerprint density at radius 1 is 1.19 bits per heavy atom. The van der Waals surface area contributed by atoms with E-state index in [2.05, 4.69) is 32.7 Å². The van der Waals surface area contributed by atoms with Crippen LogP contribution in [0.2, 0.25) is 0 Å². The SMILES string of the molecule is CN=C(NCCOc1ccc(C)cc1)NCc1noc(C(C)(C)C)n1.I. The number of aryl methyl sites for hydroxylation is 1. The molecule has 7 nitrogen and oxygen atoms in total. The number of hydrogen-bond acceptors (Lipinski definition) is 5. The summed E-state index contributed by atoms with van der Waals surface area (Å²) in [5.74, 6) is 2.74. The minimum Gasteiger partial charge on any atom is -0.492 e. The molecule has 0 aliphatic rings. The Morgan fingerprint density at radius 3 is 2.46 bits per heavy atom. The second-order valence-corrected chi connectivity index (χ2v) is 6.78. The molecule has 0 fully saturated rings. The third-order valence-corrected chi connectivity index (χ3v) is 3.43. The van der Waals surface area contributed by atoms with E-state index < -0.39 is 0 Å². The number of rotatable bonds is 6. The summed E-state index contributed by atoms with van der Waals surface area (Å²) < 4.78 is 10.9. The van der Waals surface area contributed by atoms with Gasteiger partial charge in [0.05, 0.1) is 13.1 Å². The zero-order chi connectivity index (χ0) is 18.3. The van der Waals surface area contributed by atoms with Gasteiger partial charge in [-0.1, -0.05) is 43.6 Å². The van der Waals surface area contributed by atoms with Gasteiger partial charge in [0.2, 0.25) is 5.89 Å². The number of hydrogen-bond donors (Lipinski definition) is 2. The van der Waals surface area contributed by atoms with E-state index in [-0.39, 0.29) is 29.4 Å². The molecule has 26 heavy (non-hydrogen) atoms. The molecule has 1 heterocycles. The first-order chi connectivity index (χ1) is 11.9. The zero-order valence-electron chi connectivity index (χ0n) is 16.0. The van der Waals surface area contributed by atoms with Gasteiger partial charge in [0.1, 0.15) is 12.4 Å². The highest BCUT2D eigenvalue weighted by atomic mass is 127. The molecule has 144 valence electrons. The summed E-state index contributed by atoms with van der Waals surface area (Å²) in [6, 6.07) is 7.98. The van der Waals surface area contributed by atoms with Gasteiger partial charge in [-0.2, -0.15) is 4.98 Å². The molecule has 2 rings (SSSR count). The van der Waals surface area contributed by atoms with E-state index in [1.807, 2.05) is 45.0 Å². The molecule has 0 atom stereocenters. The molecule has 0 bridgehead atoms. The van der Waals surface area contributed by atoms with Crippen molar-refractivity contribution < 1.29 is 9.26 Å². The molecule has 1 aromatic carbocycles. The van der Waals surface area contributed by atoms with Crippen molar-refractivity contribution in [3.63, 3.8) is 0 Å². The van der Waals surface area contributed by atoms with Crippen molar-refractivity contribution in [2.45, 2.75) is 39.7 Å². The Labute approximate surface area is 172 Å². The summed E-state index contributed by atoms with van der Waals surface area (Å²) in [6.45, 7) is 9.77. The highest BCUT2D eigenvalue weighted by Crippen LogP contribution is 2.19. The maximum Gasteiger partial charge on any atom is 0.232 e. The van der Waals surface area contributed by atoms with Crippen molar-refractivity contribution in [1.29, 1.82) is 0 Å². The fourth-order valence-corrected chi connectivity index (χ4v) is 1.99. The van der Waals surface area contributed by atoms with E-state index >= 15 is 0 Å². The molecule has 0 radical (unpaired) electrons. The Kier molecular flexibility index (Phi) is 8.83. The summed E-state index contributed by atoms with van der Waals surface area (Å²) in [6.07, 6.45) is 0. The monoisotopic (exact) mass is 473 g/mol. The highest BCUT2D eigenvalue weighted by Gasteiger charge is 2.21. The van der Waals surface area contributed by atoms with Crippen LogP contribution in [0.1, 0.15) is 38.0 Å². The molecular weight excluding hydrogens is 445 g/mol. The van der Waals surface area contributed by atoms with Crippen LogP contribution in [0, 0.1) is 6.92 Å². The summed E-state index contributed by atoms with van der Waals surface area (Å²) in [5, 5.41) is 10.3. The maximum absolute atomic E-state index is 5.67.